The molecule has 0 unspecified atom stereocenters. The second-order valence-electron chi connectivity index (χ2n) is 2.13. The van der Waals surface area contributed by atoms with Gasteiger partial charge in [-0.15, -0.1) is 0 Å². The molecule has 0 aliphatic rings. The Morgan fingerprint density at radius 2 is 2.46 bits per heavy atom. The van der Waals surface area contributed by atoms with Gasteiger partial charge in [-0.1, -0.05) is 11.6 Å². The summed E-state index contributed by atoms with van der Waals surface area (Å²) in [4.78, 5) is 7.80. The van der Waals surface area contributed by atoms with Gasteiger partial charge < -0.3 is 0 Å². The van der Waals surface area contributed by atoms with E-state index in [4.69, 9.17) is 14.3 Å². The molecule has 4 nitrogen and oxygen atoms in total. The lowest BCUT2D eigenvalue weighted by Gasteiger charge is -1.97. The number of rotatable bonds is 1. The Hall–Kier alpha value is -0.940. The van der Waals surface area contributed by atoms with Gasteiger partial charge in [0.05, 0.1) is 13.4 Å². The Bertz CT molecular complexity index is 516. The highest BCUT2D eigenvalue weighted by Gasteiger charge is 2.01. The molecule has 0 saturated carbocycles. The predicted octanol–water partition coefficient (Wildman–Crippen LogP) is 2.08. The monoisotopic (exact) mass is 260 g/mol. The van der Waals surface area contributed by atoms with E-state index in [-0.39, 0.29) is 23.4 Å². The van der Waals surface area contributed by atoms with Crippen molar-refractivity contribution in [1.29, 1.82) is 0 Å². The van der Waals surface area contributed by atoms with Crippen molar-refractivity contribution >= 4 is 27.5 Å². The zero-order chi connectivity index (χ0) is 11.0. The fraction of sp³-hybridized carbons (Fsp3) is 0. The lowest BCUT2D eigenvalue weighted by Crippen LogP contribution is -2.00. The Balaban J connectivity index is 2.59. The molecule has 66 valence electrons. The van der Waals surface area contributed by atoms with E-state index in [1.807, 2.05) is 0 Å². The van der Waals surface area contributed by atoms with E-state index in [0.717, 1.165) is 4.68 Å². The van der Waals surface area contributed by atoms with Gasteiger partial charge >= 0.3 is 0 Å². The molecule has 0 N–H and O–H groups in total. The van der Waals surface area contributed by atoms with E-state index in [2.05, 4.69) is 31.0 Å². The lowest BCUT2D eigenvalue weighted by molar-refractivity contribution is 0.808. The molecule has 0 aliphatic heterocycles. The van der Waals surface area contributed by atoms with Crippen LogP contribution in [0.25, 0.3) is 5.95 Å². The summed E-state index contributed by atoms with van der Waals surface area (Å²) in [6, 6.07) is 1.52. The quantitative estimate of drug-likeness (QED) is 0.738. The van der Waals surface area contributed by atoms with E-state index < -0.39 is 0 Å². The van der Waals surface area contributed by atoms with Crippen LogP contribution in [0.1, 0.15) is 2.74 Å². The van der Waals surface area contributed by atoms with E-state index >= 15 is 0 Å². The van der Waals surface area contributed by atoms with Crippen molar-refractivity contribution in [3.8, 4) is 5.95 Å². The minimum Gasteiger partial charge on any atom is -0.220 e. The third-order valence-corrected chi connectivity index (χ3v) is 1.82. The van der Waals surface area contributed by atoms with Crippen molar-refractivity contribution < 1.29 is 2.74 Å². The zero-order valence-electron chi connectivity index (χ0n) is 8.20. The summed E-state index contributed by atoms with van der Waals surface area (Å²) in [5, 5.41) is 4.05. The summed E-state index contributed by atoms with van der Waals surface area (Å²) in [6.07, 6.45) is 1.44. The summed E-state index contributed by atoms with van der Waals surface area (Å²) >= 11 is 8.75. The molecule has 2 aromatic rings. The average molecular weight is 262 g/mol. The van der Waals surface area contributed by atoms with E-state index in [9.17, 15) is 0 Å². The highest BCUT2D eigenvalue weighted by molar-refractivity contribution is 9.10. The fourth-order valence-corrected chi connectivity index (χ4v) is 1.14. The average Bonchev–Trinajstić information content (AvgIpc) is 2.46. The molecular formula is C7H4BrClN4. The smallest absolute Gasteiger partial charge is 0.220 e. The number of halogens is 2. The van der Waals surface area contributed by atoms with Crippen molar-refractivity contribution in [2.24, 2.45) is 0 Å². The molecule has 0 spiro atoms. The standard InChI is InChI=1S/C7H4BrClN4/c8-5-3-11-13(4-5)7-10-2-1-6(9)12-7/h1-4H/i3D,4D. The van der Waals surface area contributed by atoms with Gasteiger partial charge in [0.25, 0.3) is 5.95 Å². The van der Waals surface area contributed by atoms with Crippen LogP contribution in [0.15, 0.2) is 29.1 Å². The van der Waals surface area contributed by atoms with E-state index in [1.54, 1.807) is 0 Å². The van der Waals surface area contributed by atoms with Crippen LogP contribution in [0.4, 0.5) is 0 Å². The second kappa shape index (κ2) is 3.43. The summed E-state index contributed by atoms with van der Waals surface area (Å²) < 4.78 is 16.5. The maximum absolute atomic E-state index is 7.63. The molecule has 2 heterocycles. The highest BCUT2D eigenvalue weighted by atomic mass is 79.9. The summed E-state index contributed by atoms with van der Waals surface area (Å²) in [5.74, 6) is 0.173. The normalized spacial score (nSPS) is 12.5. The van der Waals surface area contributed by atoms with Gasteiger partial charge in [0.2, 0.25) is 0 Å². The van der Waals surface area contributed by atoms with Crippen LogP contribution in [0, 0.1) is 0 Å². The molecule has 13 heavy (non-hydrogen) atoms. The Morgan fingerprint density at radius 3 is 3.08 bits per heavy atom. The Morgan fingerprint density at radius 1 is 1.62 bits per heavy atom. The molecule has 2 aromatic heterocycles. The first-order valence-electron chi connectivity index (χ1n) is 4.30. The summed E-state index contributed by atoms with van der Waals surface area (Å²) in [6.45, 7) is 0. The first-order chi connectivity index (χ1) is 7.09. The number of hydrogen-bond donors (Lipinski definition) is 0. The van der Waals surface area contributed by atoms with Gasteiger partial charge in [0.1, 0.15) is 5.15 Å². The molecular weight excluding hydrogens is 255 g/mol. The molecule has 0 aliphatic carbocycles. The molecule has 6 heteroatoms. The minimum absolute atomic E-state index is 0.0160. The topological polar surface area (TPSA) is 43.6 Å². The van der Waals surface area contributed by atoms with Crippen molar-refractivity contribution in [1.82, 2.24) is 19.7 Å². The van der Waals surface area contributed by atoms with Crippen LogP contribution in [-0.2, 0) is 0 Å². The zero-order valence-corrected chi connectivity index (χ0v) is 8.54. The number of hydrogen-bond acceptors (Lipinski definition) is 3. The fourth-order valence-electron chi connectivity index (χ4n) is 0.761. The van der Waals surface area contributed by atoms with Crippen molar-refractivity contribution in [2.75, 3.05) is 0 Å². The van der Waals surface area contributed by atoms with Crippen molar-refractivity contribution in [2.45, 2.75) is 0 Å². The van der Waals surface area contributed by atoms with Gasteiger partial charge in [-0.3, -0.25) is 0 Å². The van der Waals surface area contributed by atoms with Gasteiger partial charge in [0, 0.05) is 12.4 Å². The number of aromatic nitrogens is 4. The first-order valence-corrected chi connectivity index (χ1v) is 4.47. The van der Waals surface area contributed by atoms with Gasteiger partial charge in [-0.05, 0) is 22.0 Å². The third-order valence-electron chi connectivity index (χ3n) is 1.25. The van der Waals surface area contributed by atoms with E-state index in [1.165, 1.54) is 12.3 Å². The van der Waals surface area contributed by atoms with Crippen LogP contribution in [0.3, 0.4) is 0 Å². The predicted molar refractivity (Wildman–Crippen MR) is 51.9 cm³/mol. The third kappa shape index (κ3) is 1.87. The maximum Gasteiger partial charge on any atom is 0.251 e. The van der Waals surface area contributed by atoms with Crippen LogP contribution in [0.5, 0.6) is 0 Å². The first kappa shape index (κ1) is 6.50. The molecule has 0 aromatic carbocycles. The molecule has 2 rings (SSSR count). The van der Waals surface area contributed by atoms with Gasteiger partial charge in [0.15, 0.2) is 0 Å². The summed E-state index contributed by atoms with van der Waals surface area (Å²) in [7, 11) is 0. The van der Waals surface area contributed by atoms with Crippen molar-refractivity contribution in [3.63, 3.8) is 0 Å². The summed E-state index contributed by atoms with van der Waals surface area (Å²) in [5.41, 5.74) is 0. The van der Waals surface area contributed by atoms with Gasteiger partial charge in [-0.25, -0.2) is 9.67 Å². The minimum atomic E-state index is -0.0384. The largest absolute Gasteiger partial charge is 0.251 e. The molecule has 0 bridgehead atoms. The van der Waals surface area contributed by atoms with Crippen LogP contribution in [-0.4, -0.2) is 19.7 Å². The Labute approximate surface area is 90.5 Å². The van der Waals surface area contributed by atoms with E-state index in [0.29, 0.717) is 4.47 Å². The lowest BCUT2D eigenvalue weighted by atomic mass is 10.7. The number of nitrogens with zero attached hydrogens (tertiary/aromatic N) is 4. The molecule has 0 radical (unpaired) electrons. The molecule has 0 fully saturated rings. The molecule has 0 atom stereocenters. The van der Waals surface area contributed by atoms with Crippen LogP contribution >= 0.6 is 27.5 Å². The van der Waals surface area contributed by atoms with Crippen molar-refractivity contribution in [3.05, 3.63) is 34.2 Å². The highest BCUT2D eigenvalue weighted by Crippen LogP contribution is 2.10. The molecule has 0 saturated heterocycles. The van der Waals surface area contributed by atoms with Crippen LogP contribution in [0.2, 0.25) is 5.15 Å². The maximum atomic E-state index is 7.63. The van der Waals surface area contributed by atoms with Gasteiger partial charge in [-0.2, -0.15) is 10.1 Å². The second-order valence-corrected chi connectivity index (χ2v) is 3.31. The SMILES string of the molecule is [2H]c1nn(-c2nccc(Cl)n2)c([2H])c1Br. The van der Waals surface area contributed by atoms with Crippen LogP contribution < -0.4 is 0 Å². The Kier molecular flexibility index (Phi) is 1.72. The molecule has 0 amide bonds.